The highest BCUT2D eigenvalue weighted by molar-refractivity contribution is 9.10. The number of halogens is 1. The second kappa shape index (κ2) is 9.07. The number of carbonyl (C=O) groups is 1. The fraction of sp³-hybridized carbons (Fsp3) is 0.409. The first-order valence-corrected chi connectivity index (χ1v) is 10.6. The van der Waals surface area contributed by atoms with Crippen LogP contribution in [0, 0.1) is 0 Å². The topological polar surface area (TPSA) is 50.8 Å². The molecule has 2 aromatic carbocycles. The normalized spacial score (nSPS) is 21.3. The number of nitrogens with one attached hydrogen (secondary N) is 1. The van der Waals surface area contributed by atoms with Gasteiger partial charge in [0.2, 0.25) is 0 Å². The van der Waals surface area contributed by atoms with E-state index in [1.54, 1.807) is 0 Å². The van der Waals surface area contributed by atoms with Crippen molar-refractivity contribution in [1.29, 1.82) is 0 Å². The van der Waals surface area contributed by atoms with Crippen LogP contribution in [0.25, 0.3) is 0 Å². The van der Waals surface area contributed by atoms with Gasteiger partial charge in [-0.3, -0.25) is 9.69 Å². The standard InChI is InChI=1S/C22H25BrN2O3/c23-17-9-7-16(8-10-17)22(26)24-11-3-4-12-25-13-14-27-21-18-5-1-2-6-20(18)28-15-19(21)25/h1-2,5-10,19,21H,3-4,11-15H2,(H,24,26)/t19-,21-/m1/s1. The Kier molecular flexibility index (Phi) is 6.29. The molecule has 1 amide bonds. The maximum atomic E-state index is 12.2. The monoisotopic (exact) mass is 444 g/mol. The first-order valence-electron chi connectivity index (χ1n) is 9.83. The van der Waals surface area contributed by atoms with Gasteiger partial charge in [-0.1, -0.05) is 34.1 Å². The van der Waals surface area contributed by atoms with Crippen LogP contribution in [0.2, 0.25) is 0 Å². The molecule has 148 valence electrons. The van der Waals surface area contributed by atoms with Gasteiger partial charge in [0.05, 0.1) is 12.6 Å². The van der Waals surface area contributed by atoms with E-state index in [1.807, 2.05) is 42.5 Å². The SMILES string of the molecule is O=C(NCCCCN1CCO[C@@H]2c3ccccc3OC[C@H]21)c1ccc(Br)cc1. The largest absolute Gasteiger partial charge is 0.491 e. The van der Waals surface area contributed by atoms with Gasteiger partial charge in [-0.15, -0.1) is 0 Å². The van der Waals surface area contributed by atoms with Gasteiger partial charge < -0.3 is 14.8 Å². The predicted octanol–water partition coefficient (Wildman–Crippen LogP) is 3.79. The molecule has 2 aliphatic rings. The van der Waals surface area contributed by atoms with Crippen LogP contribution in [0.4, 0.5) is 0 Å². The van der Waals surface area contributed by atoms with Crippen molar-refractivity contribution in [1.82, 2.24) is 10.2 Å². The Hall–Kier alpha value is -1.89. The third kappa shape index (κ3) is 4.40. The van der Waals surface area contributed by atoms with Crippen molar-refractivity contribution >= 4 is 21.8 Å². The van der Waals surface area contributed by atoms with E-state index in [0.29, 0.717) is 18.7 Å². The van der Waals surface area contributed by atoms with E-state index in [1.165, 1.54) is 0 Å². The van der Waals surface area contributed by atoms with Gasteiger partial charge >= 0.3 is 0 Å². The molecular weight excluding hydrogens is 420 g/mol. The summed E-state index contributed by atoms with van der Waals surface area (Å²) in [5, 5.41) is 3.00. The molecule has 2 aliphatic heterocycles. The summed E-state index contributed by atoms with van der Waals surface area (Å²) < 4.78 is 13.0. The highest BCUT2D eigenvalue weighted by atomic mass is 79.9. The number of hydrogen-bond donors (Lipinski definition) is 1. The number of unbranched alkanes of at least 4 members (excludes halogenated alkanes) is 1. The van der Waals surface area contributed by atoms with Gasteiger partial charge in [-0.05, 0) is 49.7 Å². The van der Waals surface area contributed by atoms with Crippen LogP contribution in [0.15, 0.2) is 53.0 Å². The van der Waals surface area contributed by atoms with Crippen LogP contribution < -0.4 is 10.1 Å². The van der Waals surface area contributed by atoms with Gasteiger partial charge in [-0.2, -0.15) is 0 Å². The second-order valence-electron chi connectivity index (χ2n) is 7.21. The van der Waals surface area contributed by atoms with Crippen molar-refractivity contribution < 1.29 is 14.3 Å². The van der Waals surface area contributed by atoms with Crippen LogP contribution in [0.3, 0.4) is 0 Å². The molecule has 2 heterocycles. The van der Waals surface area contributed by atoms with Crippen LogP contribution in [-0.2, 0) is 4.74 Å². The molecule has 0 saturated carbocycles. The maximum absolute atomic E-state index is 12.2. The molecule has 2 aromatic rings. The van der Waals surface area contributed by atoms with E-state index < -0.39 is 0 Å². The number of para-hydroxylation sites is 1. The van der Waals surface area contributed by atoms with Crippen molar-refractivity contribution in [3.05, 3.63) is 64.1 Å². The smallest absolute Gasteiger partial charge is 0.251 e. The number of fused-ring (bicyclic) bond motifs is 3. The predicted molar refractivity (Wildman–Crippen MR) is 112 cm³/mol. The van der Waals surface area contributed by atoms with Gasteiger partial charge in [0.25, 0.3) is 5.91 Å². The Morgan fingerprint density at radius 1 is 1.14 bits per heavy atom. The number of amides is 1. The number of ether oxygens (including phenoxy) is 2. The van der Waals surface area contributed by atoms with Crippen LogP contribution in [-0.4, -0.2) is 49.7 Å². The average Bonchev–Trinajstić information content (AvgIpc) is 2.73. The van der Waals surface area contributed by atoms with E-state index in [-0.39, 0.29) is 18.1 Å². The molecule has 0 aromatic heterocycles. The minimum absolute atomic E-state index is 0.0174. The summed E-state index contributed by atoms with van der Waals surface area (Å²) >= 11 is 3.38. The minimum atomic E-state index is -0.0174. The third-order valence-electron chi connectivity index (χ3n) is 5.39. The van der Waals surface area contributed by atoms with E-state index in [9.17, 15) is 4.79 Å². The van der Waals surface area contributed by atoms with Crippen molar-refractivity contribution in [2.45, 2.75) is 25.0 Å². The molecule has 28 heavy (non-hydrogen) atoms. The van der Waals surface area contributed by atoms with Crippen molar-refractivity contribution in [2.75, 3.05) is 32.8 Å². The lowest BCUT2D eigenvalue weighted by atomic mass is 9.96. The lowest BCUT2D eigenvalue weighted by molar-refractivity contribution is -0.0960. The van der Waals surface area contributed by atoms with E-state index in [0.717, 1.165) is 48.3 Å². The molecular formula is C22H25BrN2O3. The van der Waals surface area contributed by atoms with Gasteiger partial charge in [-0.25, -0.2) is 0 Å². The minimum Gasteiger partial charge on any atom is -0.491 e. The molecule has 0 spiro atoms. The number of nitrogens with zero attached hydrogens (tertiary/aromatic N) is 1. The van der Waals surface area contributed by atoms with Crippen molar-refractivity contribution in [3.8, 4) is 5.75 Å². The molecule has 2 atom stereocenters. The fourth-order valence-electron chi connectivity index (χ4n) is 3.90. The molecule has 5 nitrogen and oxygen atoms in total. The second-order valence-corrected chi connectivity index (χ2v) is 8.13. The summed E-state index contributed by atoms with van der Waals surface area (Å²) in [6, 6.07) is 15.9. The summed E-state index contributed by atoms with van der Waals surface area (Å²) in [4.78, 5) is 14.6. The fourth-order valence-corrected chi connectivity index (χ4v) is 4.16. The van der Waals surface area contributed by atoms with Crippen LogP contribution >= 0.6 is 15.9 Å². The number of rotatable bonds is 6. The Balaban J connectivity index is 1.23. The number of carbonyl (C=O) groups excluding carboxylic acids is 1. The molecule has 0 aliphatic carbocycles. The first-order chi connectivity index (χ1) is 13.7. The Labute approximate surface area is 174 Å². The van der Waals surface area contributed by atoms with E-state index >= 15 is 0 Å². The molecule has 0 bridgehead atoms. The summed E-state index contributed by atoms with van der Waals surface area (Å²) in [6.07, 6.45) is 2.08. The van der Waals surface area contributed by atoms with Gasteiger partial charge in [0, 0.05) is 28.7 Å². The lowest BCUT2D eigenvalue weighted by Crippen LogP contribution is -2.52. The summed E-state index contributed by atoms with van der Waals surface area (Å²) in [7, 11) is 0. The first kappa shape index (κ1) is 19.4. The Morgan fingerprint density at radius 2 is 1.96 bits per heavy atom. The van der Waals surface area contributed by atoms with Crippen molar-refractivity contribution in [3.63, 3.8) is 0 Å². The zero-order valence-electron chi connectivity index (χ0n) is 15.8. The molecule has 1 fully saturated rings. The Morgan fingerprint density at radius 3 is 2.82 bits per heavy atom. The molecule has 0 unspecified atom stereocenters. The Bertz CT molecular complexity index is 812. The van der Waals surface area contributed by atoms with Gasteiger partial charge in [0.15, 0.2) is 0 Å². The zero-order chi connectivity index (χ0) is 19.3. The highest BCUT2D eigenvalue weighted by Gasteiger charge is 2.38. The molecule has 4 rings (SSSR count). The van der Waals surface area contributed by atoms with E-state index in [2.05, 4.69) is 32.2 Å². The number of benzene rings is 2. The van der Waals surface area contributed by atoms with Crippen LogP contribution in [0.1, 0.15) is 34.9 Å². The molecule has 1 saturated heterocycles. The lowest BCUT2D eigenvalue weighted by Gasteiger charge is -2.44. The zero-order valence-corrected chi connectivity index (χ0v) is 17.4. The quantitative estimate of drug-likeness (QED) is 0.688. The van der Waals surface area contributed by atoms with Gasteiger partial charge in [0.1, 0.15) is 18.5 Å². The maximum Gasteiger partial charge on any atom is 0.251 e. The molecule has 0 radical (unpaired) electrons. The summed E-state index contributed by atoms with van der Waals surface area (Å²) in [6.45, 7) is 4.02. The summed E-state index contributed by atoms with van der Waals surface area (Å²) in [5.74, 6) is 0.928. The average molecular weight is 445 g/mol. The number of morpholine rings is 1. The molecule has 6 heteroatoms. The number of hydrogen-bond acceptors (Lipinski definition) is 4. The van der Waals surface area contributed by atoms with Crippen molar-refractivity contribution in [2.24, 2.45) is 0 Å². The third-order valence-corrected chi connectivity index (χ3v) is 5.92. The summed E-state index contributed by atoms with van der Waals surface area (Å²) in [5.41, 5.74) is 1.85. The molecule has 1 N–H and O–H groups in total. The van der Waals surface area contributed by atoms with E-state index in [4.69, 9.17) is 9.47 Å². The highest BCUT2D eigenvalue weighted by Crippen LogP contribution is 2.38. The van der Waals surface area contributed by atoms with Crippen LogP contribution in [0.5, 0.6) is 5.75 Å².